The smallest absolute Gasteiger partial charge is 0.254 e. The van der Waals surface area contributed by atoms with Crippen molar-refractivity contribution in [3.63, 3.8) is 0 Å². The van der Waals surface area contributed by atoms with Crippen LogP contribution in [0.1, 0.15) is 35.2 Å². The Balaban J connectivity index is 2.19. The summed E-state index contributed by atoms with van der Waals surface area (Å²) in [6, 6.07) is 4.51. The molecule has 1 aromatic rings. The van der Waals surface area contributed by atoms with Crippen LogP contribution in [-0.4, -0.2) is 30.4 Å². The monoisotopic (exact) mass is 264 g/mol. The minimum absolute atomic E-state index is 0.0390. The van der Waals surface area contributed by atoms with E-state index in [0.29, 0.717) is 23.6 Å². The Morgan fingerprint density at radius 1 is 1.47 bits per heavy atom. The number of nitrogens with zero attached hydrogens (tertiary/aromatic N) is 1. The fourth-order valence-electron chi connectivity index (χ4n) is 3.01. The van der Waals surface area contributed by atoms with Crippen molar-refractivity contribution in [2.24, 2.45) is 11.7 Å². The van der Waals surface area contributed by atoms with Gasteiger partial charge in [0.25, 0.3) is 5.91 Å². The Morgan fingerprint density at radius 3 is 2.84 bits per heavy atom. The fraction of sp³-hybridized carbons (Fsp3) is 0.533. The summed E-state index contributed by atoms with van der Waals surface area (Å²) in [4.78, 5) is 14.3. The summed E-state index contributed by atoms with van der Waals surface area (Å²) in [5.41, 5.74) is 7.02. The van der Waals surface area contributed by atoms with Gasteiger partial charge in [0.05, 0.1) is 0 Å². The van der Waals surface area contributed by atoms with E-state index in [2.05, 4.69) is 0 Å². The summed E-state index contributed by atoms with van der Waals surface area (Å²) < 4.78 is 13.1. The molecule has 104 valence electrons. The van der Waals surface area contributed by atoms with Gasteiger partial charge in [0.2, 0.25) is 0 Å². The lowest BCUT2D eigenvalue weighted by Gasteiger charge is -2.29. The third-order valence-electron chi connectivity index (χ3n) is 4.16. The van der Waals surface area contributed by atoms with Gasteiger partial charge in [-0.05, 0) is 56.0 Å². The molecule has 1 amide bonds. The summed E-state index contributed by atoms with van der Waals surface area (Å²) in [5.74, 6) is 0.0370. The Morgan fingerprint density at radius 2 is 2.21 bits per heavy atom. The Hall–Kier alpha value is -1.42. The van der Waals surface area contributed by atoms with Crippen LogP contribution in [0.15, 0.2) is 18.2 Å². The second kappa shape index (κ2) is 5.70. The molecule has 0 aliphatic heterocycles. The Kier molecular flexibility index (Phi) is 4.20. The molecule has 2 atom stereocenters. The standard InChI is InChI=1S/C15H21FN2O/c1-10-8-12(16)6-7-13(10)15(19)18(2)14-5-3-4-11(14)9-17/h6-8,11,14H,3-5,9,17H2,1-2H3. The van der Waals surface area contributed by atoms with E-state index in [1.165, 1.54) is 12.1 Å². The molecule has 0 radical (unpaired) electrons. The van der Waals surface area contributed by atoms with Crippen LogP contribution in [-0.2, 0) is 0 Å². The molecule has 0 aromatic heterocycles. The predicted octanol–water partition coefficient (Wildman–Crippen LogP) is 2.33. The molecule has 19 heavy (non-hydrogen) atoms. The van der Waals surface area contributed by atoms with Gasteiger partial charge >= 0.3 is 0 Å². The molecule has 4 heteroatoms. The van der Waals surface area contributed by atoms with Crippen LogP contribution >= 0.6 is 0 Å². The lowest BCUT2D eigenvalue weighted by atomic mass is 10.0. The average molecular weight is 264 g/mol. The molecule has 1 aromatic carbocycles. The zero-order valence-electron chi connectivity index (χ0n) is 11.5. The van der Waals surface area contributed by atoms with Gasteiger partial charge in [-0.2, -0.15) is 0 Å². The number of carbonyl (C=O) groups excluding carboxylic acids is 1. The zero-order chi connectivity index (χ0) is 14.0. The maximum atomic E-state index is 13.1. The van der Waals surface area contributed by atoms with Gasteiger partial charge in [-0.15, -0.1) is 0 Å². The number of hydrogen-bond donors (Lipinski definition) is 1. The van der Waals surface area contributed by atoms with Crippen molar-refractivity contribution in [3.05, 3.63) is 35.1 Å². The van der Waals surface area contributed by atoms with Crippen molar-refractivity contribution in [3.8, 4) is 0 Å². The highest BCUT2D eigenvalue weighted by Crippen LogP contribution is 2.29. The maximum absolute atomic E-state index is 13.1. The largest absolute Gasteiger partial charge is 0.338 e. The van der Waals surface area contributed by atoms with E-state index in [4.69, 9.17) is 5.73 Å². The lowest BCUT2D eigenvalue weighted by Crippen LogP contribution is -2.41. The second-order valence-electron chi connectivity index (χ2n) is 5.37. The summed E-state index contributed by atoms with van der Waals surface area (Å²) in [6.07, 6.45) is 3.21. The van der Waals surface area contributed by atoms with Crippen LogP contribution in [0.3, 0.4) is 0 Å². The minimum atomic E-state index is -0.308. The van der Waals surface area contributed by atoms with Crippen LogP contribution in [0.5, 0.6) is 0 Å². The van der Waals surface area contributed by atoms with Gasteiger partial charge < -0.3 is 10.6 Å². The van der Waals surface area contributed by atoms with Crippen molar-refractivity contribution < 1.29 is 9.18 Å². The molecule has 2 N–H and O–H groups in total. The van der Waals surface area contributed by atoms with Crippen LogP contribution < -0.4 is 5.73 Å². The molecule has 1 fully saturated rings. The van der Waals surface area contributed by atoms with Gasteiger partial charge in [-0.3, -0.25) is 4.79 Å². The highest BCUT2D eigenvalue weighted by atomic mass is 19.1. The average Bonchev–Trinajstić information content (AvgIpc) is 2.85. The van der Waals surface area contributed by atoms with E-state index >= 15 is 0 Å². The molecule has 0 bridgehead atoms. The van der Waals surface area contributed by atoms with Crippen LogP contribution in [0.25, 0.3) is 0 Å². The number of carbonyl (C=O) groups is 1. The van der Waals surface area contributed by atoms with Gasteiger partial charge in [0.1, 0.15) is 5.82 Å². The van der Waals surface area contributed by atoms with E-state index in [1.807, 2.05) is 7.05 Å². The van der Waals surface area contributed by atoms with E-state index in [-0.39, 0.29) is 17.8 Å². The number of nitrogens with two attached hydrogens (primary N) is 1. The maximum Gasteiger partial charge on any atom is 0.254 e. The third kappa shape index (κ3) is 2.78. The molecular formula is C15H21FN2O. The normalized spacial score (nSPS) is 22.5. The first-order chi connectivity index (χ1) is 9.04. The number of rotatable bonds is 3. The molecule has 1 aliphatic rings. The molecule has 2 unspecified atom stereocenters. The molecule has 2 rings (SSSR count). The van der Waals surface area contributed by atoms with Crippen LogP contribution in [0.2, 0.25) is 0 Å². The Labute approximate surface area is 113 Å². The zero-order valence-corrected chi connectivity index (χ0v) is 11.5. The number of amides is 1. The van der Waals surface area contributed by atoms with Gasteiger partial charge in [-0.1, -0.05) is 6.42 Å². The minimum Gasteiger partial charge on any atom is -0.338 e. The molecule has 0 spiro atoms. The van der Waals surface area contributed by atoms with Gasteiger partial charge in [0.15, 0.2) is 0 Å². The second-order valence-corrected chi connectivity index (χ2v) is 5.37. The highest BCUT2D eigenvalue weighted by molar-refractivity contribution is 5.95. The van der Waals surface area contributed by atoms with E-state index < -0.39 is 0 Å². The first-order valence-electron chi connectivity index (χ1n) is 6.78. The number of halogens is 1. The molecule has 3 nitrogen and oxygen atoms in total. The number of benzene rings is 1. The van der Waals surface area contributed by atoms with Crippen molar-refractivity contribution in [1.82, 2.24) is 4.90 Å². The van der Waals surface area contributed by atoms with E-state index in [1.54, 1.807) is 17.9 Å². The van der Waals surface area contributed by atoms with Gasteiger partial charge in [0, 0.05) is 18.7 Å². The summed E-state index contributed by atoms with van der Waals surface area (Å²) in [5, 5.41) is 0. The highest BCUT2D eigenvalue weighted by Gasteiger charge is 2.32. The fourth-order valence-corrected chi connectivity index (χ4v) is 3.01. The first kappa shape index (κ1) is 14.0. The first-order valence-corrected chi connectivity index (χ1v) is 6.78. The van der Waals surface area contributed by atoms with Crippen molar-refractivity contribution in [2.45, 2.75) is 32.2 Å². The van der Waals surface area contributed by atoms with Gasteiger partial charge in [-0.25, -0.2) is 4.39 Å². The quantitative estimate of drug-likeness (QED) is 0.910. The van der Waals surface area contributed by atoms with Crippen LogP contribution in [0, 0.1) is 18.7 Å². The molecule has 1 saturated carbocycles. The molecule has 0 saturated heterocycles. The molecular weight excluding hydrogens is 243 g/mol. The van der Waals surface area contributed by atoms with Crippen molar-refractivity contribution in [2.75, 3.05) is 13.6 Å². The topological polar surface area (TPSA) is 46.3 Å². The third-order valence-corrected chi connectivity index (χ3v) is 4.16. The lowest BCUT2D eigenvalue weighted by molar-refractivity contribution is 0.0699. The van der Waals surface area contributed by atoms with E-state index in [9.17, 15) is 9.18 Å². The van der Waals surface area contributed by atoms with E-state index in [0.717, 1.165) is 19.3 Å². The summed E-state index contributed by atoms with van der Waals surface area (Å²) >= 11 is 0. The summed E-state index contributed by atoms with van der Waals surface area (Å²) in [7, 11) is 1.82. The van der Waals surface area contributed by atoms with Crippen molar-refractivity contribution >= 4 is 5.91 Å². The van der Waals surface area contributed by atoms with Crippen molar-refractivity contribution in [1.29, 1.82) is 0 Å². The number of aryl methyl sites for hydroxylation is 1. The molecule has 1 aliphatic carbocycles. The molecule has 0 heterocycles. The number of hydrogen-bond acceptors (Lipinski definition) is 2. The predicted molar refractivity (Wildman–Crippen MR) is 73.4 cm³/mol. The summed E-state index contributed by atoms with van der Waals surface area (Å²) in [6.45, 7) is 2.38. The SMILES string of the molecule is Cc1cc(F)ccc1C(=O)N(C)C1CCCC1CN. The Bertz CT molecular complexity index is 475. The van der Waals surface area contributed by atoms with Crippen LogP contribution in [0.4, 0.5) is 4.39 Å².